The standard InChI is InChI=1S/C20H23N3O4S2/c24-19(13-10-17-7-4-14-27-17)22-20(28)21-15-8-11-18(12-9-15)29(25,26)23-16-5-2-1-3-6-16/h4,7-14,16,23H,1-3,5-6H2,(H2,21,22,24,28)/b13-10+. The molecule has 0 aliphatic heterocycles. The number of rotatable bonds is 6. The molecule has 1 aromatic heterocycles. The lowest BCUT2D eigenvalue weighted by molar-refractivity contribution is -0.115. The van der Waals surface area contributed by atoms with Crippen molar-refractivity contribution in [1.29, 1.82) is 0 Å². The quantitative estimate of drug-likeness (QED) is 0.477. The number of thiocarbonyl (C=S) groups is 1. The van der Waals surface area contributed by atoms with E-state index in [2.05, 4.69) is 15.4 Å². The minimum absolute atomic E-state index is 0.00331. The van der Waals surface area contributed by atoms with Gasteiger partial charge in [-0.25, -0.2) is 13.1 Å². The monoisotopic (exact) mass is 433 g/mol. The van der Waals surface area contributed by atoms with Crippen LogP contribution in [0.5, 0.6) is 0 Å². The molecule has 0 bridgehead atoms. The summed E-state index contributed by atoms with van der Waals surface area (Å²) in [4.78, 5) is 12.1. The number of nitrogens with one attached hydrogen (secondary N) is 3. The van der Waals surface area contributed by atoms with Crippen LogP contribution in [0.1, 0.15) is 37.9 Å². The Hall–Kier alpha value is -2.49. The van der Waals surface area contributed by atoms with Gasteiger partial charge in [0.05, 0.1) is 11.2 Å². The van der Waals surface area contributed by atoms with Crippen LogP contribution in [0.2, 0.25) is 0 Å². The number of benzene rings is 1. The van der Waals surface area contributed by atoms with Gasteiger partial charge in [0.2, 0.25) is 15.9 Å². The molecule has 9 heteroatoms. The highest BCUT2D eigenvalue weighted by Gasteiger charge is 2.21. The van der Waals surface area contributed by atoms with E-state index >= 15 is 0 Å². The molecule has 1 fully saturated rings. The second-order valence-corrected chi connectivity index (χ2v) is 8.89. The fraction of sp³-hybridized carbons (Fsp3) is 0.300. The maximum absolute atomic E-state index is 12.5. The SMILES string of the molecule is O=C(/C=C/c1ccco1)NC(=S)Nc1ccc(S(=O)(=O)NC2CCCCC2)cc1. The minimum Gasteiger partial charge on any atom is -0.465 e. The Morgan fingerprint density at radius 2 is 1.83 bits per heavy atom. The van der Waals surface area contributed by atoms with E-state index in [1.165, 1.54) is 30.5 Å². The van der Waals surface area contributed by atoms with Crippen molar-refractivity contribution in [2.45, 2.75) is 43.0 Å². The first-order valence-electron chi connectivity index (χ1n) is 9.38. The van der Waals surface area contributed by atoms with Crippen molar-refractivity contribution in [3.63, 3.8) is 0 Å². The van der Waals surface area contributed by atoms with Gasteiger partial charge < -0.3 is 9.73 Å². The Kier molecular flexibility index (Phi) is 7.18. The molecule has 29 heavy (non-hydrogen) atoms. The molecule has 0 radical (unpaired) electrons. The van der Waals surface area contributed by atoms with Crippen LogP contribution in [-0.2, 0) is 14.8 Å². The summed E-state index contributed by atoms with van der Waals surface area (Å²) in [6, 6.07) is 9.67. The molecular weight excluding hydrogens is 410 g/mol. The zero-order valence-electron chi connectivity index (χ0n) is 15.8. The molecule has 1 aliphatic rings. The molecule has 0 atom stereocenters. The first-order valence-corrected chi connectivity index (χ1v) is 11.3. The van der Waals surface area contributed by atoms with E-state index in [0.29, 0.717) is 11.4 Å². The van der Waals surface area contributed by atoms with E-state index in [0.717, 1.165) is 32.1 Å². The highest BCUT2D eigenvalue weighted by Crippen LogP contribution is 2.20. The Bertz CT molecular complexity index is 962. The summed E-state index contributed by atoms with van der Waals surface area (Å²) in [5, 5.41) is 5.47. The van der Waals surface area contributed by atoms with Gasteiger partial charge in [-0.3, -0.25) is 10.1 Å². The first kappa shape index (κ1) is 21.2. The molecule has 1 amide bonds. The second kappa shape index (κ2) is 9.82. The lowest BCUT2D eigenvalue weighted by Crippen LogP contribution is -2.36. The van der Waals surface area contributed by atoms with E-state index < -0.39 is 15.9 Å². The topological polar surface area (TPSA) is 100 Å². The molecule has 0 unspecified atom stereocenters. The summed E-state index contributed by atoms with van der Waals surface area (Å²) >= 11 is 5.11. The molecule has 0 saturated heterocycles. The van der Waals surface area contributed by atoms with Crippen LogP contribution in [0.25, 0.3) is 6.08 Å². The Morgan fingerprint density at radius 3 is 2.48 bits per heavy atom. The van der Waals surface area contributed by atoms with Gasteiger partial charge in [-0.1, -0.05) is 19.3 Å². The van der Waals surface area contributed by atoms with Gasteiger partial charge in [-0.15, -0.1) is 0 Å². The summed E-state index contributed by atoms with van der Waals surface area (Å²) in [5.41, 5.74) is 0.571. The van der Waals surface area contributed by atoms with Gasteiger partial charge in [0.1, 0.15) is 5.76 Å². The number of hydrogen-bond acceptors (Lipinski definition) is 5. The summed E-state index contributed by atoms with van der Waals surface area (Å²) in [6.07, 6.45) is 9.36. The molecule has 154 valence electrons. The summed E-state index contributed by atoms with van der Waals surface area (Å²) in [6.45, 7) is 0. The van der Waals surface area contributed by atoms with Crippen LogP contribution in [0, 0.1) is 0 Å². The fourth-order valence-corrected chi connectivity index (χ4v) is 4.61. The molecule has 2 aromatic rings. The summed E-state index contributed by atoms with van der Waals surface area (Å²) in [5.74, 6) is 0.146. The normalized spacial score (nSPS) is 15.3. The Morgan fingerprint density at radius 1 is 1.10 bits per heavy atom. The average Bonchev–Trinajstić information content (AvgIpc) is 3.21. The van der Waals surface area contributed by atoms with Gasteiger partial charge >= 0.3 is 0 Å². The molecule has 1 heterocycles. The average molecular weight is 434 g/mol. The second-order valence-electron chi connectivity index (χ2n) is 6.77. The van der Waals surface area contributed by atoms with Gasteiger partial charge in [0, 0.05) is 17.8 Å². The van der Waals surface area contributed by atoms with Crippen molar-refractivity contribution in [3.05, 3.63) is 54.5 Å². The van der Waals surface area contributed by atoms with Crippen molar-refractivity contribution in [1.82, 2.24) is 10.0 Å². The zero-order chi connectivity index (χ0) is 20.7. The van der Waals surface area contributed by atoms with Gasteiger partial charge in [0.15, 0.2) is 5.11 Å². The van der Waals surface area contributed by atoms with E-state index in [-0.39, 0.29) is 16.0 Å². The molecule has 3 rings (SSSR count). The largest absolute Gasteiger partial charge is 0.465 e. The summed E-state index contributed by atoms with van der Waals surface area (Å²) in [7, 11) is -3.55. The smallest absolute Gasteiger partial charge is 0.250 e. The first-order chi connectivity index (χ1) is 13.9. The number of sulfonamides is 1. The molecule has 1 aliphatic carbocycles. The third kappa shape index (κ3) is 6.52. The number of amides is 1. The van der Waals surface area contributed by atoms with Crippen LogP contribution in [0.15, 0.2) is 58.1 Å². The molecule has 1 saturated carbocycles. The Balaban J connectivity index is 1.52. The van der Waals surface area contributed by atoms with Crippen LogP contribution >= 0.6 is 12.2 Å². The lowest BCUT2D eigenvalue weighted by Gasteiger charge is -2.22. The maximum Gasteiger partial charge on any atom is 0.250 e. The van der Waals surface area contributed by atoms with Gasteiger partial charge in [-0.2, -0.15) is 0 Å². The molecule has 3 N–H and O–H groups in total. The molecule has 7 nitrogen and oxygen atoms in total. The van der Waals surface area contributed by atoms with Crippen LogP contribution in [0.4, 0.5) is 5.69 Å². The molecular formula is C20H23N3O4S2. The van der Waals surface area contributed by atoms with Crippen molar-refractivity contribution in [2.75, 3.05) is 5.32 Å². The molecule has 0 spiro atoms. The number of furan rings is 1. The third-order valence-corrected chi connectivity index (χ3v) is 6.27. The van der Waals surface area contributed by atoms with Crippen LogP contribution in [-0.4, -0.2) is 25.5 Å². The maximum atomic E-state index is 12.5. The lowest BCUT2D eigenvalue weighted by atomic mass is 9.96. The predicted molar refractivity (Wildman–Crippen MR) is 116 cm³/mol. The third-order valence-electron chi connectivity index (χ3n) is 4.53. The van der Waals surface area contributed by atoms with Crippen LogP contribution < -0.4 is 15.4 Å². The van der Waals surface area contributed by atoms with Crippen molar-refractivity contribution >= 4 is 45.0 Å². The van der Waals surface area contributed by atoms with E-state index in [9.17, 15) is 13.2 Å². The van der Waals surface area contributed by atoms with Crippen molar-refractivity contribution < 1.29 is 17.6 Å². The van der Waals surface area contributed by atoms with E-state index in [1.807, 2.05) is 0 Å². The number of anilines is 1. The number of carbonyl (C=O) groups is 1. The molecule has 1 aromatic carbocycles. The van der Waals surface area contributed by atoms with Crippen molar-refractivity contribution in [3.8, 4) is 0 Å². The number of hydrogen-bond donors (Lipinski definition) is 3. The highest BCUT2D eigenvalue weighted by atomic mass is 32.2. The van der Waals surface area contributed by atoms with E-state index in [1.54, 1.807) is 24.3 Å². The van der Waals surface area contributed by atoms with Crippen molar-refractivity contribution in [2.24, 2.45) is 0 Å². The minimum atomic E-state index is -3.55. The Labute approximate surface area is 175 Å². The van der Waals surface area contributed by atoms with E-state index in [4.69, 9.17) is 16.6 Å². The van der Waals surface area contributed by atoms with Gasteiger partial charge in [-0.05, 0) is 67.5 Å². The predicted octanol–water partition coefficient (Wildman–Crippen LogP) is 3.42. The number of carbonyl (C=O) groups excluding carboxylic acids is 1. The highest BCUT2D eigenvalue weighted by molar-refractivity contribution is 7.89. The fourth-order valence-electron chi connectivity index (χ4n) is 3.09. The zero-order valence-corrected chi connectivity index (χ0v) is 17.4. The summed E-state index contributed by atoms with van der Waals surface area (Å²) < 4.78 is 32.9. The van der Waals surface area contributed by atoms with Crippen LogP contribution in [0.3, 0.4) is 0 Å². The van der Waals surface area contributed by atoms with Gasteiger partial charge in [0.25, 0.3) is 0 Å².